The number of rotatable bonds is 0. The molecule has 1 rings (SSSR count). The molecule has 1 aliphatic rings. The summed E-state index contributed by atoms with van der Waals surface area (Å²) in [5.41, 5.74) is -0.421. The molecule has 0 amide bonds. The van der Waals surface area contributed by atoms with Crippen molar-refractivity contribution in [3.8, 4) is 0 Å². The predicted octanol–water partition coefficient (Wildman–Crippen LogP) is 2.83. The summed E-state index contributed by atoms with van der Waals surface area (Å²) >= 11 is 0. The van der Waals surface area contributed by atoms with Crippen molar-refractivity contribution in [2.45, 2.75) is 19.0 Å². The minimum atomic E-state index is -4.12. The molecular weight excluding hydrogens is 141 g/mol. The van der Waals surface area contributed by atoms with Crippen molar-refractivity contribution in [3.63, 3.8) is 0 Å². The Balaban J connectivity index is 2.65. The van der Waals surface area contributed by atoms with Gasteiger partial charge in [-0.1, -0.05) is 18.2 Å². The molecule has 0 aliphatic heterocycles. The van der Waals surface area contributed by atoms with Gasteiger partial charge in [0.15, 0.2) is 0 Å². The van der Waals surface area contributed by atoms with Gasteiger partial charge in [-0.2, -0.15) is 13.2 Å². The lowest BCUT2D eigenvalue weighted by Gasteiger charge is -2.11. The summed E-state index contributed by atoms with van der Waals surface area (Å²) in [5.74, 6) is 0. The molecule has 0 saturated heterocycles. The van der Waals surface area contributed by atoms with Gasteiger partial charge in [-0.3, -0.25) is 0 Å². The number of halogens is 3. The van der Waals surface area contributed by atoms with E-state index >= 15 is 0 Å². The van der Waals surface area contributed by atoms with Crippen LogP contribution in [0.5, 0.6) is 0 Å². The summed E-state index contributed by atoms with van der Waals surface area (Å²) in [6, 6.07) is 0. The number of hydrogen-bond acceptors (Lipinski definition) is 0. The molecule has 3 heteroatoms. The highest BCUT2D eigenvalue weighted by molar-refractivity contribution is 5.18. The maximum atomic E-state index is 11.8. The molecule has 0 aromatic carbocycles. The van der Waals surface area contributed by atoms with Crippen LogP contribution in [-0.4, -0.2) is 6.18 Å². The molecule has 56 valence electrons. The van der Waals surface area contributed by atoms with Crippen molar-refractivity contribution >= 4 is 0 Å². The first-order chi connectivity index (χ1) is 4.61. The Morgan fingerprint density at radius 1 is 1.20 bits per heavy atom. The van der Waals surface area contributed by atoms with E-state index in [4.69, 9.17) is 0 Å². The molecule has 1 aliphatic carbocycles. The Labute approximate surface area is 57.0 Å². The van der Waals surface area contributed by atoms with Crippen LogP contribution in [0, 0.1) is 0 Å². The Morgan fingerprint density at radius 2 is 1.90 bits per heavy atom. The molecule has 0 aromatic rings. The van der Waals surface area contributed by atoms with Gasteiger partial charge in [0.25, 0.3) is 0 Å². The molecule has 0 unspecified atom stereocenters. The fourth-order valence-electron chi connectivity index (χ4n) is 0.832. The summed E-state index contributed by atoms with van der Waals surface area (Å²) in [6.45, 7) is 0. The van der Waals surface area contributed by atoms with Gasteiger partial charge in [0, 0.05) is 5.57 Å². The molecule has 0 bridgehead atoms. The van der Waals surface area contributed by atoms with E-state index in [-0.39, 0.29) is 6.42 Å². The number of allylic oxidation sites excluding steroid dienone is 4. The minimum absolute atomic E-state index is 0.0312. The van der Waals surface area contributed by atoms with Crippen molar-refractivity contribution in [2.75, 3.05) is 0 Å². The SMILES string of the molecule is FC(F)(F)C1=CCC=CC1. The second-order valence-electron chi connectivity index (χ2n) is 2.14. The van der Waals surface area contributed by atoms with Gasteiger partial charge in [0.05, 0.1) is 0 Å². The smallest absolute Gasteiger partial charge is 0.166 e. The summed E-state index contributed by atoms with van der Waals surface area (Å²) in [5, 5.41) is 0. The first kappa shape index (κ1) is 7.38. The molecule has 0 heterocycles. The first-order valence-corrected chi connectivity index (χ1v) is 3.02. The van der Waals surface area contributed by atoms with Gasteiger partial charge < -0.3 is 0 Å². The van der Waals surface area contributed by atoms with E-state index in [0.717, 1.165) is 0 Å². The molecule has 0 spiro atoms. The van der Waals surface area contributed by atoms with E-state index in [9.17, 15) is 13.2 Å². The summed E-state index contributed by atoms with van der Waals surface area (Å²) < 4.78 is 35.5. The highest BCUT2D eigenvalue weighted by atomic mass is 19.4. The lowest BCUT2D eigenvalue weighted by atomic mass is 10.1. The topological polar surface area (TPSA) is 0 Å². The van der Waals surface area contributed by atoms with Gasteiger partial charge in [-0.05, 0) is 12.8 Å². The van der Waals surface area contributed by atoms with Gasteiger partial charge in [-0.15, -0.1) is 0 Å². The van der Waals surface area contributed by atoms with E-state index in [1.54, 1.807) is 12.2 Å². The molecule has 0 fully saturated rings. The Kier molecular flexibility index (Phi) is 1.83. The van der Waals surface area contributed by atoms with Crippen LogP contribution in [0.1, 0.15) is 12.8 Å². The van der Waals surface area contributed by atoms with Crippen molar-refractivity contribution in [1.29, 1.82) is 0 Å². The zero-order valence-corrected chi connectivity index (χ0v) is 5.28. The lowest BCUT2D eigenvalue weighted by Crippen LogP contribution is -2.12. The standard InChI is InChI=1S/C7H7F3/c8-7(9,10)6-4-2-1-3-5-6/h1-2,5H,3-4H2. The fourth-order valence-corrected chi connectivity index (χ4v) is 0.832. The van der Waals surface area contributed by atoms with Crippen LogP contribution in [0.3, 0.4) is 0 Å². The molecule has 10 heavy (non-hydrogen) atoms. The van der Waals surface area contributed by atoms with Crippen molar-refractivity contribution in [2.24, 2.45) is 0 Å². The third-order valence-corrected chi connectivity index (χ3v) is 1.37. The second-order valence-corrected chi connectivity index (χ2v) is 2.14. The van der Waals surface area contributed by atoms with E-state index in [0.29, 0.717) is 6.42 Å². The van der Waals surface area contributed by atoms with Crippen LogP contribution in [0.25, 0.3) is 0 Å². The molecule has 0 saturated carbocycles. The highest BCUT2D eigenvalue weighted by Gasteiger charge is 2.32. The zero-order chi connectivity index (χ0) is 7.61. The highest BCUT2D eigenvalue weighted by Crippen LogP contribution is 2.30. The maximum absolute atomic E-state index is 11.8. The predicted molar refractivity (Wildman–Crippen MR) is 32.5 cm³/mol. The van der Waals surface area contributed by atoms with Crippen molar-refractivity contribution < 1.29 is 13.2 Å². The largest absolute Gasteiger partial charge is 0.412 e. The van der Waals surface area contributed by atoms with Crippen LogP contribution >= 0.6 is 0 Å². The van der Waals surface area contributed by atoms with E-state index in [2.05, 4.69) is 0 Å². The quantitative estimate of drug-likeness (QED) is 0.463. The first-order valence-electron chi connectivity index (χ1n) is 3.02. The fraction of sp³-hybridized carbons (Fsp3) is 0.429. The van der Waals surface area contributed by atoms with Crippen LogP contribution in [0.2, 0.25) is 0 Å². The summed E-state index contributed by atoms with van der Waals surface area (Å²) in [6.07, 6.45) is 0.821. The lowest BCUT2D eigenvalue weighted by molar-refractivity contribution is -0.0932. The van der Waals surface area contributed by atoms with Crippen LogP contribution < -0.4 is 0 Å². The Hall–Kier alpha value is -0.730. The Morgan fingerprint density at radius 3 is 2.20 bits per heavy atom. The molecule has 0 nitrogen and oxygen atoms in total. The van der Waals surface area contributed by atoms with E-state index in [1.807, 2.05) is 0 Å². The molecular formula is C7H7F3. The zero-order valence-electron chi connectivity index (χ0n) is 5.28. The van der Waals surface area contributed by atoms with Crippen LogP contribution in [-0.2, 0) is 0 Å². The van der Waals surface area contributed by atoms with Gasteiger partial charge in [0.2, 0.25) is 0 Å². The average Bonchev–Trinajstić information content (AvgIpc) is 1.88. The summed E-state index contributed by atoms with van der Waals surface area (Å²) in [7, 11) is 0. The second kappa shape index (κ2) is 2.48. The van der Waals surface area contributed by atoms with Crippen LogP contribution in [0.4, 0.5) is 13.2 Å². The Bertz CT molecular complexity index is 174. The average molecular weight is 148 g/mol. The van der Waals surface area contributed by atoms with Crippen molar-refractivity contribution in [1.82, 2.24) is 0 Å². The maximum Gasteiger partial charge on any atom is 0.412 e. The van der Waals surface area contributed by atoms with Gasteiger partial charge in [0.1, 0.15) is 0 Å². The molecule has 0 atom stereocenters. The van der Waals surface area contributed by atoms with E-state index in [1.165, 1.54) is 6.08 Å². The number of alkyl halides is 3. The van der Waals surface area contributed by atoms with Gasteiger partial charge in [-0.25, -0.2) is 0 Å². The minimum Gasteiger partial charge on any atom is -0.166 e. The molecule has 0 radical (unpaired) electrons. The van der Waals surface area contributed by atoms with Gasteiger partial charge >= 0.3 is 6.18 Å². The number of hydrogen-bond donors (Lipinski definition) is 0. The monoisotopic (exact) mass is 148 g/mol. The van der Waals surface area contributed by atoms with Crippen molar-refractivity contribution in [3.05, 3.63) is 23.8 Å². The molecule has 0 N–H and O–H groups in total. The third-order valence-electron chi connectivity index (χ3n) is 1.37. The normalized spacial score (nSPS) is 18.9. The van der Waals surface area contributed by atoms with E-state index < -0.39 is 11.7 Å². The summed E-state index contributed by atoms with van der Waals surface area (Å²) in [4.78, 5) is 0. The van der Waals surface area contributed by atoms with Crippen LogP contribution in [0.15, 0.2) is 23.8 Å². The third kappa shape index (κ3) is 1.62. The molecule has 0 aromatic heterocycles.